The number of aliphatic hydroxyl groups is 1. The van der Waals surface area contributed by atoms with E-state index in [4.69, 9.17) is 10.8 Å². The second kappa shape index (κ2) is 3.41. The Labute approximate surface area is 71.4 Å². The van der Waals surface area contributed by atoms with Gasteiger partial charge in [0, 0.05) is 0 Å². The van der Waals surface area contributed by atoms with E-state index in [0.717, 1.165) is 19.3 Å². The van der Waals surface area contributed by atoms with Crippen LogP contribution in [0.4, 0.5) is 0 Å². The molecule has 0 aromatic heterocycles. The summed E-state index contributed by atoms with van der Waals surface area (Å²) in [7, 11) is 0. The molecule has 70 valence electrons. The zero-order valence-electron chi connectivity index (χ0n) is 6.99. The molecule has 1 aliphatic rings. The molecule has 0 spiro atoms. The number of hydrogen-bond acceptors (Lipinski definition) is 3. The minimum Gasteiger partial charge on any atom is -0.480 e. The molecule has 0 heterocycles. The fourth-order valence-electron chi connectivity index (χ4n) is 1.61. The molecule has 12 heavy (non-hydrogen) atoms. The van der Waals surface area contributed by atoms with Gasteiger partial charge in [0.1, 0.15) is 5.54 Å². The molecule has 4 heteroatoms. The molecule has 0 aromatic rings. The normalized spacial score (nSPS) is 37.3. The maximum absolute atomic E-state index is 10.8. The minimum absolute atomic E-state index is 0.378. The van der Waals surface area contributed by atoms with E-state index in [1.165, 1.54) is 0 Å². The topological polar surface area (TPSA) is 83.6 Å². The minimum atomic E-state index is -1.41. The monoisotopic (exact) mass is 173 g/mol. The summed E-state index contributed by atoms with van der Waals surface area (Å²) in [6.07, 6.45) is 2.61. The average molecular weight is 173 g/mol. The van der Waals surface area contributed by atoms with Gasteiger partial charge in [-0.15, -0.1) is 0 Å². The van der Waals surface area contributed by atoms with E-state index in [-0.39, 0.29) is 0 Å². The molecule has 4 N–H and O–H groups in total. The van der Waals surface area contributed by atoms with Gasteiger partial charge in [-0.2, -0.15) is 0 Å². The van der Waals surface area contributed by atoms with E-state index < -0.39 is 17.6 Å². The largest absolute Gasteiger partial charge is 0.480 e. The van der Waals surface area contributed by atoms with Gasteiger partial charge in [-0.1, -0.05) is 19.3 Å². The van der Waals surface area contributed by atoms with Gasteiger partial charge in [0.2, 0.25) is 0 Å². The average Bonchev–Trinajstić information content (AvgIpc) is 2.16. The third-order valence-electron chi connectivity index (χ3n) is 2.56. The van der Waals surface area contributed by atoms with Crippen LogP contribution in [0.5, 0.6) is 0 Å². The number of aliphatic carboxylic acids is 1. The lowest BCUT2D eigenvalue weighted by molar-refractivity contribution is -0.148. The molecule has 0 saturated heterocycles. The van der Waals surface area contributed by atoms with Crippen LogP contribution in [0, 0.1) is 0 Å². The van der Waals surface area contributed by atoms with Crippen molar-refractivity contribution < 1.29 is 15.0 Å². The summed E-state index contributed by atoms with van der Waals surface area (Å²) in [4.78, 5) is 10.8. The molecule has 0 aliphatic heterocycles. The number of carboxylic acid groups (broad SMARTS) is 1. The van der Waals surface area contributed by atoms with Crippen LogP contribution >= 0.6 is 0 Å². The van der Waals surface area contributed by atoms with Crippen LogP contribution in [0.2, 0.25) is 0 Å². The SMILES string of the molecule is N[C@]1(C(=O)O)CCCCC[C@H]1O. The van der Waals surface area contributed by atoms with Crippen LogP contribution in [-0.4, -0.2) is 27.8 Å². The van der Waals surface area contributed by atoms with Crippen LogP contribution in [-0.2, 0) is 4.79 Å². The van der Waals surface area contributed by atoms with Crippen molar-refractivity contribution in [2.45, 2.75) is 43.7 Å². The summed E-state index contributed by atoms with van der Waals surface area (Å²) in [6, 6.07) is 0. The molecular formula is C8H15NO3. The highest BCUT2D eigenvalue weighted by Crippen LogP contribution is 2.25. The molecule has 0 bridgehead atoms. The van der Waals surface area contributed by atoms with Gasteiger partial charge in [0.25, 0.3) is 0 Å². The van der Waals surface area contributed by atoms with Gasteiger partial charge in [-0.25, -0.2) is 0 Å². The Bertz CT molecular complexity index is 183. The first-order valence-corrected chi connectivity index (χ1v) is 4.28. The van der Waals surface area contributed by atoms with E-state index in [1.807, 2.05) is 0 Å². The Morgan fingerprint density at radius 2 is 2.08 bits per heavy atom. The summed E-state index contributed by atoms with van der Waals surface area (Å²) >= 11 is 0. The third kappa shape index (κ3) is 1.59. The van der Waals surface area contributed by atoms with Gasteiger partial charge >= 0.3 is 5.97 Å². The van der Waals surface area contributed by atoms with Crippen molar-refractivity contribution >= 4 is 5.97 Å². The van der Waals surface area contributed by atoms with Crippen LogP contribution in [0.15, 0.2) is 0 Å². The van der Waals surface area contributed by atoms with E-state index in [9.17, 15) is 9.90 Å². The molecular weight excluding hydrogens is 158 g/mol. The summed E-state index contributed by atoms with van der Waals surface area (Å²) in [5, 5.41) is 18.3. The van der Waals surface area contributed by atoms with Gasteiger partial charge < -0.3 is 15.9 Å². The Hall–Kier alpha value is -0.610. The van der Waals surface area contributed by atoms with Gasteiger partial charge in [-0.05, 0) is 12.8 Å². The highest BCUT2D eigenvalue weighted by molar-refractivity contribution is 5.79. The lowest BCUT2D eigenvalue weighted by Gasteiger charge is -2.27. The first-order chi connectivity index (χ1) is 5.57. The van der Waals surface area contributed by atoms with E-state index in [0.29, 0.717) is 12.8 Å². The number of hydrogen-bond donors (Lipinski definition) is 3. The van der Waals surface area contributed by atoms with E-state index in [2.05, 4.69) is 0 Å². The number of rotatable bonds is 1. The van der Waals surface area contributed by atoms with Crippen molar-refractivity contribution in [3.05, 3.63) is 0 Å². The quantitative estimate of drug-likeness (QED) is 0.491. The van der Waals surface area contributed by atoms with Crippen LogP contribution in [0.25, 0.3) is 0 Å². The molecule has 1 rings (SSSR count). The zero-order valence-corrected chi connectivity index (χ0v) is 6.99. The number of nitrogens with two attached hydrogens (primary N) is 1. The summed E-state index contributed by atoms with van der Waals surface area (Å²) < 4.78 is 0. The van der Waals surface area contributed by atoms with E-state index in [1.54, 1.807) is 0 Å². The standard InChI is InChI=1S/C8H15NO3/c9-8(7(11)12)5-3-1-2-4-6(8)10/h6,10H,1-5,9H2,(H,11,12)/t6-,8-/m1/s1. The van der Waals surface area contributed by atoms with Crippen molar-refractivity contribution in [3.63, 3.8) is 0 Å². The van der Waals surface area contributed by atoms with Crippen LogP contribution in [0.1, 0.15) is 32.1 Å². The molecule has 1 saturated carbocycles. The number of carbonyl (C=O) groups is 1. The smallest absolute Gasteiger partial charge is 0.326 e. The lowest BCUT2D eigenvalue weighted by atomic mass is 9.89. The number of aliphatic hydroxyl groups excluding tert-OH is 1. The maximum Gasteiger partial charge on any atom is 0.326 e. The first-order valence-electron chi connectivity index (χ1n) is 4.28. The molecule has 0 amide bonds. The summed E-state index contributed by atoms with van der Waals surface area (Å²) in [5.74, 6) is -1.09. The van der Waals surface area contributed by atoms with Gasteiger partial charge in [0.05, 0.1) is 6.10 Å². The Kier molecular flexibility index (Phi) is 2.69. The van der Waals surface area contributed by atoms with Gasteiger partial charge in [0.15, 0.2) is 0 Å². The second-order valence-corrected chi connectivity index (χ2v) is 3.46. The second-order valence-electron chi connectivity index (χ2n) is 3.46. The Morgan fingerprint density at radius 1 is 1.42 bits per heavy atom. The lowest BCUT2D eigenvalue weighted by Crippen LogP contribution is -2.56. The highest BCUT2D eigenvalue weighted by Gasteiger charge is 2.41. The zero-order chi connectivity index (χ0) is 9.19. The molecule has 2 atom stereocenters. The van der Waals surface area contributed by atoms with Crippen molar-refractivity contribution in [1.82, 2.24) is 0 Å². The number of carboxylic acids is 1. The van der Waals surface area contributed by atoms with Crippen LogP contribution in [0.3, 0.4) is 0 Å². The molecule has 0 aromatic carbocycles. The summed E-state index contributed by atoms with van der Waals surface area (Å²) in [5.41, 5.74) is 4.19. The van der Waals surface area contributed by atoms with Crippen molar-refractivity contribution in [2.75, 3.05) is 0 Å². The highest BCUT2D eigenvalue weighted by atomic mass is 16.4. The maximum atomic E-state index is 10.8. The Morgan fingerprint density at radius 3 is 2.67 bits per heavy atom. The van der Waals surface area contributed by atoms with E-state index >= 15 is 0 Å². The fraction of sp³-hybridized carbons (Fsp3) is 0.875. The summed E-state index contributed by atoms with van der Waals surface area (Å²) in [6.45, 7) is 0. The third-order valence-corrected chi connectivity index (χ3v) is 2.56. The van der Waals surface area contributed by atoms with Crippen molar-refractivity contribution in [3.8, 4) is 0 Å². The molecule has 0 radical (unpaired) electrons. The fourth-order valence-corrected chi connectivity index (χ4v) is 1.61. The molecule has 0 unspecified atom stereocenters. The van der Waals surface area contributed by atoms with Gasteiger partial charge in [-0.3, -0.25) is 4.79 Å². The van der Waals surface area contributed by atoms with Crippen molar-refractivity contribution in [2.24, 2.45) is 5.73 Å². The Balaban J connectivity index is 2.75. The molecule has 4 nitrogen and oxygen atoms in total. The van der Waals surface area contributed by atoms with Crippen molar-refractivity contribution in [1.29, 1.82) is 0 Å². The predicted molar refractivity (Wildman–Crippen MR) is 43.6 cm³/mol. The molecule has 1 aliphatic carbocycles. The molecule has 1 fully saturated rings. The van der Waals surface area contributed by atoms with Crippen LogP contribution < -0.4 is 5.73 Å². The first kappa shape index (κ1) is 9.48. The predicted octanol–water partition coefficient (Wildman–Crippen LogP) is 0.0935.